The van der Waals surface area contributed by atoms with Gasteiger partial charge in [0.1, 0.15) is 11.3 Å². The van der Waals surface area contributed by atoms with E-state index in [1.54, 1.807) is 19.1 Å². The highest BCUT2D eigenvalue weighted by Gasteiger charge is 2.29. The van der Waals surface area contributed by atoms with Crippen LogP contribution in [0.15, 0.2) is 24.3 Å². The number of hydrogen-bond donors (Lipinski definition) is 2. The fourth-order valence-electron chi connectivity index (χ4n) is 2.88. The number of aliphatic carboxylic acids is 1. The van der Waals surface area contributed by atoms with Crippen LogP contribution in [-0.4, -0.2) is 34.5 Å². The fourth-order valence-corrected chi connectivity index (χ4v) is 2.88. The molecule has 2 heterocycles. The summed E-state index contributed by atoms with van der Waals surface area (Å²) in [4.78, 5) is 38.6. The van der Waals surface area contributed by atoms with Gasteiger partial charge in [0, 0.05) is 17.5 Å². The molecule has 1 aliphatic rings. The van der Waals surface area contributed by atoms with Crippen LogP contribution in [0.4, 0.5) is 0 Å². The molecular formula is C17H16N2O5. The van der Waals surface area contributed by atoms with E-state index in [0.29, 0.717) is 29.8 Å². The Morgan fingerprint density at radius 2 is 2.21 bits per heavy atom. The van der Waals surface area contributed by atoms with Crippen molar-refractivity contribution in [3.8, 4) is 5.75 Å². The van der Waals surface area contributed by atoms with E-state index in [4.69, 9.17) is 9.84 Å². The van der Waals surface area contributed by atoms with Gasteiger partial charge >= 0.3 is 5.97 Å². The molecule has 0 saturated carbocycles. The number of imide groups is 1. The lowest BCUT2D eigenvalue weighted by atomic mass is 9.89. The number of aryl methyl sites for hydroxylation is 1. The Labute approximate surface area is 137 Å². The van der Waals surface area contributed by atoms with Gasteiger partial charge < -0.3 is 9.84 Å². The van der Waals surface area contributed by atoms with Crippen molar-refractivity contribution in [2.45, 2.75) is 25.7 Å². The number of rotatable bonds is 4. The van der Waals surface area contributed by atoms with Gasteiger partial charge in [0.25, 0.3) is 0 Å². The van der Waals surface area contributed by atoms with Gasteiger partial charge in [-0.2, -0.15) is 0 Å². The number of piperidine rings is 1. The third-order valence-electron chi connectivity index (χ3n) is 4.00. The predicted octanol–water partition coefficient (Wildman–Crippen LogP) is 1.53. The first-order chi connectivity index (χ1) is 11.5. The lowest BCUT2D eigenvalue weighted by Gasteiger charge is -2.22. The van der Waals surface area contributed by atoms with Gasteiger partial charge in [-0.05, 0) is 31.0 Å². The molecule has 2 aromatic rings. The number of nitrogens with zero attached hydrogens (tertiary/aromatic N) is 1. The largest absolute Gasteiger partial charge is 0.480 e. The van der Waals surface area contributed by atoms with Crippen molar-refractivity contribution in [2.75, 3.05) is 6.61 Å². The number of carbonyl (C=O) groups is 3. The molecule has 1 unspecified atom stereocenters. The topological polar surface area (TPSA) is 106 Å². The van der Waals surface area contributed by atoms with E-state index in [-0.39, 0.29) is 11.8 Å². The Morgan fingerprint density at radius 1 is 1.42 bits per heavy atom. The average Bonchev–Trinajstić information content (AvgIpc) is 2.53. The normalized spacial score (nSPS) is 17.6. The molecule has 1 atom stereocenters. The summed E-state index contributed by atoms with van der Waals surface area (Å²) in [5, 5.41) is 11.9. The molecule has 0 spiro atoms. The van der Waals surface area contributed by atoms with E-state index < -0.39 is 18.5 Å². The maximum atomic E-state index is 12.1. The molecule has 0 bridgehead atoms. The van der Waals surface area contributed by atoms with Crippen LogP contribution in [-0.2, 0) is 14.4 Å². The lowest BCUT2D eigenvalue weighted by molar-refractivity contribution is -0.139. The smallest absolute Gasteiger partial charge is 0.341 e. The number of ether oxygens (including phenoxy) is 1. The predicted molar refractivity (Wildman–Crippen MR) is 84.7 cm³/mol. The molecule has 1 aromatic heterocycles. The van der Waals surface area contributed by atoms with E-state index in [1.807, 2.05) is 12.1 Å². The van der Waals surface area contributed by atoms with Crippen LogP contribution in [0.5, 0.6) is 5.75 Å². The highest BCUT2D eigenvalue weighted by atomic mass is 16.5. The number of amides is 2. The van der Waals surface area contributed by atoms with Gasteiger partial charge in [-0.15, -0.1) is 0 Å². The maximum absolute atomic E-state index is 12.1. The van der Waals surface area contributed by atoms with Gasteiger partial charge in [-0.1, -0.05) is 12.1 Å². The first-order valence-corrected chi connectivity index (χ1v) is 7.54. The van der Waals surface area contributed by atoms with Crippen molar-refractivity contribution in [3.63, 3.8) is 0 Å². The van der Waals surface area contributed by atoms with Crippen LogP contribution in [0.2, 0.25) is 0 Å². The number of carboxylic acid groups (broad SMARTS) is 1. The summed E-state index contributed by atoms with van der Waals surface area (Å²) < 4.78 is 5.27. The summed E-state index contributed by atoms with van der Waals surface area (Å²) >= 11 is 0. The standard InChI is InChI=1S/C17H16N2O5/c1-9-12(11-5-6-14(20)19-17(11)23)7-10-3-2-4-13(16(10)18-9)24-8-15(21)22/h2-4,7,11H,5-6,8H2,1H3,(H,21,22)(H,19,20,23). The Balaban J connectivity index is 2.00. The molecule has 3 rings (SSSR count). The number of benzene rings is 1. The van der Waals surface area contributed by atoms with Crippen LogP contribution >= 0.6 is 0 Å². The number of para-hydroxylation sites is 1. The molecular weight excluding hydrogens is 312 g/mol. The summed E-state index contributed by atoms with van der Waals surface area (Å²) in [6.45, 7) is 1.33. The van der Waals surface area contributed by atoms with Crippen molar-refractivity contribution < 1.29 is 24.2 Å². The Hall–Kier alpha value is -2.96. The first kappa shape index (κ1) is 15.9. The van der Waals surface area contributed by atoms with E-state index in [0.717, 1.165) is 10.9 Å². The number of aromatic nitrogens is 1. The zero-order chi connectivity index (χ0) is 17.3. The molecule has 7 nitrogen and oxygen atoms in total. The SMILES string of the molecule is Cc1nc2c(OCC(=O)O)cccc2cc1C1CCC(=O)NC1=O. The molecule has 24 heavy (non-hydrogen) atoms. The zero-order valence-corrected chi connectivity index (χ0v) is 13.0. The fraction of sp³-hybridized carbons (Fsp3) is 0.294. The second-order valence-corrected chi connectivity index (χ2v) is 5.68. The number of carbonyl (C=O) groups excluding carboxylic acids is 2. The van der Waals surface area contributed by atoms with Crippen LogP contribution in [0, 0.1) is 6.92 Å². The first-order valence-electron chi connectivity index (χ1n) is 7.54. The van der Waals surface area contributed by atoms with Crippen molar-refractivity contribution in [1.29, 1.82) is 0 Å². The Kier molecular flexibility index (Phi) is 4.16. The van der Waals surface area contributed by atoms with Crippen LogP contribution in [0.3, 0.4) is 0 Å². The highest BCUT2D eigenvalue weighted by Crippen LogP contribution is 2.32. The summed E-state index contributed by atoms with van der Waals surface area (Å²) in [5.41, 5.74) is 1.97. The Bertz CT molecular complexity index is 846. The summed E-state index contributed by atoms with van der Waals surface area (Å²) in [5.74, 6) is -1.67. The number of hydrogen-bond acceptors (Lipinski definition) is 5. The number of pyridine rings is 1. The van der Waals surface area contributed by atoms with Gasteiger partial charge in [0.15, 0.2) is 6.61 Å². The van der Waals surface area contributed by atoms with Crippen molar-refractivity contribution in [3.05, 3.63) is 35.5 Å². The molecule has 124 valence electrons. The molecule has 1 fully saturated rings. The molecule has 2 N–H and O–H groups in total. The third kappa shape index (κ3) is 3.05. The van der Waals surface area contributed by atoms with Gasteiger partial charge in [0.05, 0.1) is 5.92 Å². The van der Waals surface area contributed by atoms with Crippen LogP contribution in [0.25, 0.3) is 10.9 Å². The van der Waals surface area contributed by atoms with Crippen molar-refractivity contribution in [1.82, 2.24) is 10.3 Å². The molecule has 7 heteroatoms. The van der Waals surface area contributed by atoms with E-state index in [9.17, 15) is 14.4 Å². The number of fused-ring (bicyclic) bond motifs is 1. The van der Waals surface area contributed by atoms with E-state index in [2.05, 4.69) is 10.3 Å². The quantitative estimate of drug-likeness (QED) is 0.825. The minimum Gasteiger partial charge on any atom is -0.480 e. The van der Waals surface area contributed by atoms with Crippen LogP contribution in [0.1, 0.15) is 30.0 Å². The van der Waals surface area contributed by atoms with Crippen LogP contribution < -0.4 is 10.1 Å². The minimum absolute atomic E-state index is 0.257. The second kappa shape index (κ2) is 6.27. The number of nitrogens with one attached hydrogen (secondary N) is 1. The lowest BCUT2D eigenvalue weighted by Crippen LogP contribution is -2.39. The van der Waals surface area contributed by atoms with E-state index >= 15 is 0 Å². The van der Waals surface area contributed by atoms with E-state index in [1.165, 1.54) is 0 Å². The second-order valence-electron chi connectivity index (χ2n) is 5.68. The third-order valence-corrected chi connectivity index (χ3v) is 4.00. The average molecular weight is 328 g/mol. The molecule has 0 radical (unpaired) electrons. The Morgan fingerprint density at radius 3 is 2.92 bits per heavy atom. The molecule has 0 aliphatic carbocycles. The van der Waals surface area contributed by atoms with Gasteiger partial charge in [-0.25, -0.2) is 9.78 Å². The molecule has 2 amide bonds. The summed E-state index contributed by atoms with van der Waals surface area (Å²) in [6.07, 6.45) is 0.754. The monoisotopic (exact) mass is 328 g/mol. The number of carboxylic acids is 1. The van der Waals surface area contributed by atoms with Gasteiger partial charge in [0.2, 0.25) is 11.8 Å². The molecule has 1 saturated heterocycles. The maximum Gasteiger partial charge on any atom is 0.341 e. The highest BCUT2D eigenvalue weighted by molar-refractivity contribution is 6.01. The van der Waals surface area contributed by atoms with Crippen molar-refractivity contribution >= 4 is 28.7 Å². The minimum atomic E-state index is -1.07. The summed E-state index contributed by atoms with van der Waals surface area (Å²) in [7, 11) is 0. The van der Waals surface area contributed by atoms with Gasteiger partial charge in [-0.3, -0.25) is 14.9 Å². The molecule has 1 aliphatic heterocycles. The zero-order valence-electron chi connectivity index (χ0n) is 13.0. The molecule has 1 aromatic carbocycles. The summed E-state index contributed by atoms with van der Waals surface area (Å²) in [6, 6.07) is 7.07. The van der Waals surface area contributed by atoms with Crippen molar-refractivity contribution in [2.24, 2.45) is 0 Å².